The number of hydrogen-bond donors (Lipinski definition) is 3. The summed E-state index contributed by atoms with van der Waals surface area (Å²) in [5, 5.41) is 25.1. The Hall–Kier alpha value is -1.85. The van der Waals surface area contributed by atoms with Crippen molar-refractivity contribution in [2.24, 2.45) is 0 Å². The second-order valence-corrected chi connectivity index (χ2v) is 7.50. The zero-order chi connectivity index (χ0) is 19.1. The first-order valence-corrected chi connectivity index (χ1v) is 8.90. The van der Waals surface area contributed by atoms with Crippen molar-refractivity contribution in [3.8, 4) is 11.1 Å². The first kappa shape index (κ1) is 18.9. The van der Waals surface area contributed by atoms with E-state index in [0.29, 0.717) is 10.6 Å². The number of halogens is 1. The van der Waals surface area contributed by atoms with Crippen LogP contribution in [0.1, 0.15) is 23.6 Å². The second kappa shape index (κ2) is 7.05. The topological polar surface area (TPSA) is 61.7 Å². The molecule has 0 aromatic heterocycles. The van der Waals surface area contributed by atoms with Crippen LogP contribution in [0.4, 0.5) is 0 Å². The van der Waals surface area contributed by atoms with Crippen molar-refractivity contribution >= 4 is 17.2 Å². The molecule has 26 heavy (non-hydrogen) atoms. The SMILES string of the molecule is COCC1(C)NC(O)C(c2c(C)cc(-c3ccc(Cl)cc3)cc2C)=C1O. The number of benzene rings is 2. The minimum absolute atomic E-state index is 0.122. The monoisotopic (exact) mass is 373 g/mol. The van der Waals surface area contributed by atoms with Crippen molar-refractivity contribution in [3.05, 3.63) is 63.9 Å². The molecule has 4 nitrogen and oxygen atoms in total. The summed E-state index contributed by atoms with van der Waals surface area (Å²) in [6, 6.07) is 11.8. The molecule has 2 aromatic carbocycles. The summed E-state index contributed by atoms with van der Waals surface area (Å²) in [6.07, 6.45) is -0.950. The van der Waals surface area contributed by atoms with E-state index in [1.807, 2.05) is 45.0 Å². The van der Waals surface area contributed by atoms with Gasteiger partial charge in [0.15, 0.2) is 0 Å². The van der Waals surface area contributed by atoms with Gasteiger partial charge in [-0.25, -0.2) is 0 Å². The van der Waals surface area contributed by atoms with E-state index in [1.165, 1.54) is 0 Å². The molecule has 138 valence electrons. The Morgan fingerprint density at radius 2 is 1.69 bits per heavy atom. The van der Waals surface area contributed by atoms with Crippen LogP contribution >= 0.6 is 11.6 Å². The van der Waals surface area contributed by atoms with Gasteiger partial charge in [-0.3, -0.25) is 5.32 Å². The van der Waals surface area contributed by atoms with Crippen LogP contribution in [0.5, 0.6) is 0 Å². The molecule has 1 heterocycles. The van der Waals surface area contributed by atoms with Gasteiger partial charge in [-0.1, -0.05) is 35.9 Å². The molecule has 2 unspecified atom stereocenters. The molecule has 1 aliphatic heterocycles. The quantitative estimate of drug-likeness (QED) is 0.750. The first-order valence-electron chi connectivity index (χ1n) is 8.52. The minimum atomic E-state index is -0.950. The molecule has 3 N–H and O–H groups in total. The minimum Gasteiger partial charge on any atom is -0.510 e. The smallest absolute Gasteiger partial charge is 0.135 e. The third-order valence-corrected chi connectivity index (χ3v) is 5.17. The second-order valence-electron chi connectivity index (χ2n) is 7.07. The van der Waals surface area contributed by atoms with E-state index in [4.69, 9.17) is 16.3 Å². The van der Waals surface area contributed by atoms with E-state index in [1.54, 1.807) is 7.11 Å². The predicted octanol–water partition coefficient (Wildman–Crippen LogP) is 4.22. The lowest BCUT2D eigenvalue weighted by Crippen LogP contribution is -2.47. The summed E-state index contributed by atoms with van der Waals surface area (Å²) >= 11 is 5.98. The summed E-state index contributed by atoms with van der Waals surface area (Å²) in [5.41, 5.74) is 4.68. The molecular weight excluding hydrogens is 350 g/mol. The van der Waals surface area contributed by atoms with E-state index in [2.05, 4.69) is 17.4 Å². The van der Waals surface area contributed by atoms with Gasteiger partial charge in [-0.15, -0.1) is 0 Å². The fraction of sp³-hybridized carbons (Fsp3) is 0.333. The van der Waals surface area contributed by atoms with Crippen molar-refractivity contribution in [1.82, 2.24) is 5.32 Å². The van der Waals surface area contributed by atoms with Gasteiger partial charge >= 0.3 is 0 Å². The summed E-state index contributed by atoms with van der Waals surface area (Å²) in [7, 11) is 1.57. The van der Waals surface area contributed by atoms with Crippen molar-refractivity contribution in [2.75, 3.05) is 13.7 Å². The summed E-state index contributed by atoms with van der Waals surface area (Å²) < 4.78 is 5.20. The van der Waals surface area contributed by atoms with Gasteiger partial charge in [0.2, 0.25) is 0 Å². The maximum Gasteiger partial charge on any atom is 0.135 e. The van der Waals surface area contributed by atoms with Crippen molar-refractivity contribution < 1.29 is 14.9 Å². The summed E-state index contributed by atoms with van der Waals surface area (Å²) in [4.78, 5) is 0. The largest absolute Gasteiger partial charge is 0.510 e. The predicted molar refractivity (Wildman–Crippen MR) is 105 cm³/mol. The number of rotatable bonds is 4. The molecule has 0 amide bonds. The lowest BCUT2D eigenvalue weighted by atomic mass is 9.89. The van der Waals surface area contributed by atoms with Crippen LogP contribution in [-0.2, 0) is 4.74 Å². The highest BCUT2D eigenvalue weighted by molar-refractivity contribution is 6.30. The van der Waals surface area contributed by atoms with Crippen LogP contribution in [0.3, 0.4) is 0 Å². The molecule has 0 bridgehead atoms. The van der Waals surface area contributed by atoms with E-state index in [9.17, 15) is 10.2 Å². The zero-order valence-corrected chi connectivity index (χ0v) is 16.2. The van der Waals surface area contributed by atoms with Crippen LogP contribution in [-0.4, -0.2) is 35.7 Å². The number of aliphatic hydroxyl groups excluding tert-OH is 2. The van der Waals surface area contributed by atoms with E-state index in [-0.39, 0.29) is 12.4 Å². The van der Waals surface area contributed by atoms with Crippen molar-refractivity contribution in [2.45, 2.75) is 32.5 Å². The maximum atomic E-state index is 10.8. The van der Waals surface area contributed by atoms with Crippen LogP contribution < -0.4 is 5.32 Å². The summed E-state index contributed by atoms with van der Waals surface area (Å²) in [6.45, 7) is 6.05. The number of methoxy groups -OCH3 is 1. The van der Waals surface area contributed by atoms with Crippen LogP contribution in [0.2, 0.25) is 5.02 Å². The molecular formula is C21H24ClNO3. The van der Waals surface area contributed by atoms with E-state index in [0.717, 1.165) is 27.8 Å². The first-order chi connectivity index (χ1) is 12.3. The average Bonchev–Trinajstić information content (AvgIpc) is 2.78. The molecule has 0 radical (unpaired) electrons. The average molecular weight is 374 g/mol. The molecule has 0 fully saturated rings. The Bertz CT molecular complexity index is 837. The third kappa shape index (κ3) is 3.26. The van der Waals surface area contributed by atoms with Gasteiger partial charge in [0.1, 0.15) is 12.0 Å². The summed E-state index contributed by atoms with van der Waals surface area (Å²) in [5.74, 6) is 0.122. The fourth-order valence-corrected chi connectivity index (χ4v) is 3.85. The van der Waals surface area contributed by atoms with Crippen LogP contribution in [0.25, 0.3) is 16.7 Å². The number of nitrogens with one attached hydrogen (secondary N) is 1. The van der Waals surface area contributed by atoms with Crippen LogP contribution in [0.15, 0.2) is 42.2 Å². The number of aliphatic hydroxyl groups is 2. The number of hydrogen-bond acceptors (Lipinski definition) is 4. The van der Waals surface area contributed by atoms with E-state index < -0.39 is 11.8 Å². The molecule has 3 rings (SSSR count). The molecule has 0 saturated carbocycles. The van der Waals surface area contributed by atoms with Gasteiger partial charge in [0.05, 0.1) is 12.1 Å². The van der Waals surface area contributed by atoms with Crippen LogP contribution in [0, 0.1) is 13.8 Å². The standard InChI is InChI=1S/C21H24ClNO3/c1-12-9-15(14-5-7-16(22)8-6-14)10-13(2)17(12)18-19(24)21(3,11-26-4)23-20(18)25/h5-10,20,23-25H,11H2,1-4H3. The van der Waals surface area contributed by atoms with Gasteiger partial charge in [0, 0.05) is 17.7 Å². The molecule has 2 atom stereocenters. The van der Waals surface area contributed by atoms with Gasteiger partial charge in [0.25, 0.3) is 0 Å². The van der Waals surface area contributed by atoms with E-state index >= 15 is 0 Å². The lowest BCUT2D eigenvalue weighted by Gasteiger charge is -2.24. The Labute approximate surface area is 159 Å². The van der Waals surface area contributed by atoms with Crippen molar-refractivity contribution in [3.63, 3.8) is 0 Å². The van der Waals surface area contributed by atoms with Gasteiger partial charge in [-0.2, -0.15) is 0 Å². The fourth-order valence-electron chi connectivity index (χ4n) is 3.72. The Kier molecular flexibility index (Phi) is 5.13. The number of aryl methyl sites for hydroxylation is 2. The normalized spacial score (nSPS) is 22.9. The molecule has 5 heteroatoms. The molecule has 0 saturated heterocycles. The Morgan fingerprint density at radius 1 is 1.12 bits per heavy atom. The molecule has 0 spiro atoms. The highest BCUT2D eigenvalue weighted by Crippen LogP contribution is 2.38. The lowest BCUT2D eigenvalue weighted by molar-refractivity contribution is 0.0896. The molecule has 2 aromatic rings. The zero-order valence-electron chi connectivity index (χ0n) is 15.4. The van der Waals surface area contributed by atoms with Gasteiger partial charge in [-0.05, 0) is 60.7 Å². The molecule has 1 aliphatic rings. The highest BCUT2D eigenvalue weighted by Gasteiger charge is 2.43. The van der Waals surface area contributed by atoms with Crippen molar-refractivity contribution in [1.29, 1.82) is 0 Å². The highest BCUT2D eigenvalue weighted by atomic mass is 35.5. The molecule has 0 aliphatic carbocycles. The number of ether oxygens (including phenoxy) is 1. The third-order valence-electron chi connectivity index (χ3n) is 4.92. The Balaban J connectivity index is 2.09. The van der Waals surface area contributed by atoms with Gasteiger partial charge < -0.3 is 14.9 Å². The Morgan fingerprint density at radius 3 is 2.23 bits per heavy atom. The maximum absolute atomic E-state index is 10.8.